The van der Waals surface area contributed by atoms with Gasteiger partial charge >= 0.3 is 0 Å². The van der Waals surface area contributed by atoms with Crippen molar-refractivity contribution in [2.24, 2.45) is 23.2 Å². The van der Waals surface area contributed by atoms with Crippen molar-refractivity contribution in [3.05, 3.63) is 22.8 Å². The Labute approximate surface area is 171 Å². The molecule has 0 bridgehead atoms. The van der Waals surface area contributed by atoms with Gasteiger partial charge in [-0.25, -0.2) is 0 Å². The van der Waals surface area contributed by atoms with Crippen LogP contribution in [0.25, 0.3) is 0 Å². The van der Waals surface area contributed by atoms with E-state index in [4.69, 9.17) is 0 Å². The van der Waals surface area contributed by atoms with Crippen molar-refractivity contribution >= 4 is 0 Å². The lowest BCUT2D eigenvalue weighted by atomic mass is 9.64. The fraction of sp³-hybridized carbons (Fsp3) is 0.852. The maximum atomic E-state index is 2.66. The van der Waals surface area contributed by atoms with Gasteiger partial charge in [-0.1, -0.05) is 90.0 Å². The first-order valence-electron chi connectivity index (χ1n) is 12.3. The minimum absolute atomic E-state index is 0.371. The van der Waals surface area contributed by atoms with Crippen molar-refractivity contribution in [2.75, 3.05) is 0 Å². The van der Waals surface area contributed by atoms with E-state index in [1.807, 2.05) is 11.1 Å². The van der Waals surface area contributed by atoms with Gasteiger partial charge in [0.2, 0.25) is 0 Å². The van der Waals surface area contributed by atoms with Crippen LogP contribution >= 0.6 is 0 Å². The fourth-order valence-electron chi connectivity index (χ4n) is 5.26. The third-order valence-corrected chi connectivity index (χ3v) is 7.91. The van der Waals surface area contributed by atoms with E-state index in [-0.39, 0.29) is 0 Å². The quantitative estimate of drug-likeness (QED) is 0.390. The molecule has 2 rings (SSSR count). The number of rotatable bonds is 7. The number of allylic oxidation sites excluding steroid dienone is 4. The molecular formula is C27H48. The zero-order valence-electron chi connectivity index (χ0n) is 19.5. The highest BCUT2D eigenvalue weighted by Crippen LogP contribution is 2.48. The third-order valence-electron chi connectivity index (χ3n) is 7.91. The number of hydrogen-bond donors (Lipinski definition) is 0. The minimum Gasteiger partial charge on any atom is -0.0853 e. The summed E-state index contributed by atoms with van der Waals surface area (Å²) in [4.78, 5) is 0. The molecule has 0 heterocycles. The van der Waals surface area contributed by atoms with E-state index in [9.17, 15) is 0 Å². The summed E-state index contributed by atoms with van der Waals surface area (Å²) in [5.74, 6) is 2.51. The Morgan fingerprint density at radius 2 is 1.74 bits per heavy atom. The van der Waals surface area contributed by atoms with Gasteiger partial charge in [0.25, 0.3) is 0 Å². The molecular weight excluding hydrogens is 324 g/mol. The van der Waals surface area contributed by atoms with E-state index in [1.165, 1.54) is 83.5 Å². The molecule has 27 heavy (non-hydrogen) atoms. The fourth-order valence-corrected chi connectivity index (χ4v) is 5.26. The van der Waals surface area contributed by atoms with E-state index in [1.54, 1.807) is 5.57 Å². The van der Waals surface area contributed by atoms with Crippen molar-refractivity contribution < 1.29 is 0 Å². The first-order chi connectivity index (χ1) is 12.9. The minimum atomic E-state index is 0.371. The first kappa shape index (κ1) is 22.8. The molecule has 0 saturated heterocycles. The molecule has 3 unspecified atom stereocenters. The van der Waals surface area contributed by atoms with E-state index in [0.717, 1.165) is 17.8 Å². The van der Waals surface area contributed by atoms with Gasteiger partial charge in [0.1, 0.15) is 0 Å². The van der Waals surface area contributed by atoms with Gasteiger partial charge in [0, 0.05) is 0 Å². The smallest absolute Gasteiger partial charge is 0.0132 e. The van der Waals surface area contributed by atoms with Gasteiger partial charge < -0.3 is 0 Å². The van der Waals surface area contributed by atoms with Crippen molar-refractivity contribution in [3.8, 4) is 0 Å². The average molecular weight is 373 g/mol. The summed E-state index contributed by atoms with van der Waals surface area (Å²) in [5, 5.41) is 0. The van der Waals surface area contributed by atoms with Crippen LogP contribution in [0.15, 0.2) is 22.8 Å². The molecule has 0 nitrogen and oxygen atoms in total. The predicted octanol–water partition coefficient (Wildman–Crippen LogP) is 9.26. The Morgan fingerprint density at radius 1 is 1.04 bits per heavy atom. The molecule has 156 valence electrons. The third kappa shape index (κ3) is 6.50. The molecule has 0 amide bonds. The summed E-state index contributed by atoms with van der Waals surface area (Å²) in [6.45, 7) is 14.8. The largest absolute Gasteiger partial charge is 0.0853 e. The van der Waals surface area contributed by atoms with E-state index in [0.29, 0.717) is 5.41 Å². The lowest BCUT2D eigenvalue weighted by molar-refractivity contribution is 0.291. The van der Waals surface area contributed by atoms with E-state index in [2.05, 4.69) is 47.6 Å². The van der Waals surface area contributed by atoms with E-state index >= 15 is 0 Å². The first-order valence-corrected chi connectivity index (χ1v) is 12.3. The lowest BCUT2D eigenvalue weighted by Gasteiger charge is -2.41. The summed E-state index contributed by atoms with van der Waals surface area (Å²) in [6.07, 6.45) is 20.5. The monoisotopic (exact) mass is 372 g/mol. The van der Waals surface area contributed by atoms with Gasteiger partial charge in [-0.05, 0) is 81.0 Å². The second-order valence-electron chi connectivity index (χ2n) is 10.4. The van der Waals surface area contributed by atoms with Crippen molar-refractivity contribution in [3.63, 3.8) is 0 Å². The Morgan fingerprint density at radius 3 is 2.33 bits per heavy atom. The predicted molar refractivity (Wildman–Crippen MR) is 122 cm³/mol. The second-order valence-corrected chi connectivity index (χ2v) is 10.4. The van der Waals surface area contributed by atoms with Crippen LogP contribution in [0.3, 0.4) is 0 Å². The van der Waals surface area contributed by atoms with Gasteiger partial charge in [0.05, 0.1) is 0 Å². The molecule has 2 aliphatic rings. The second kappa shape index (κ2) is 10.9. The Hall–Kier alpha value is -0.520. The Bertz CT molecular complexity index is 498. The van der Waals surface area contributed by atoms with Crippen LogP contribution in [0.2, 0.25) is 0 Å². The molecule has 0 aliphatic heterocycles. The van der Waals surface area contributed by atoms with Crippen LogP contribution in [-0.2, 0) is 0 Å². The highest BCUT2D eigenvalue weighted by molar-refractivity contribution is 5.29. The maximum Gasteiger partial charge on any atom is -0.0132 e. The normalized spacial score (nSPS) is 24.6. The molecule has 0 aromatic rings. The summed E-state index contributed by atoms with van der Waals surface area (Å²) in [5.41, 5.74) is 5.87. The zero-order chi connectivity index (χ0) is 19.9. The molecule has 0 radical (unpaired) electrons. The van der Waals surface area contributed by atoms with Crippen LogP contribution in [0.4, 0.5) is 0 Å². The molecule has 0 N–H and O–H groups in total. The molecule has 0 aromatic carbocycles. The number of hydrogen-bond acceptors (Lipinski definition) is 0. The summed E-state index contributed by atoms with van der Waals surface area (Å²) < 4.78 is 0. The lowest BCUT2D eigenvalue weighted by Crippen LogP contribution is -2.28. The molecule has 1 saturated carbocycles. The molecule has 1 fully saturated rings. The molecule has 2 aliphatic carbocycles. The van der Waals surface area contributed by atoms with Gasteiger partial charge in [-0.15, -0.1) is 0 Å². The molecule has 0 aromatic heterocycles. The van der Waals surface area contributed by atoms with Crippen molar-refractivity contribution in [1.82, 2.24) is 0 Å². The summed E-state index contributed by atoms with van der Waals surface area (Å²) in [7, 11) is 0. The maximum absolute atomic E-state index is 2.66. The van der Waals surface area contributed by atoms with Gasteiger partial charge in [-0.3, -0.25) is 0 Å². The van der Waals surface area contributed by atoms with Crippen molar-refractivity contribution in [2.45, 2.75) is 125 Å². The molecule has 0 heteroatoms. The van der Waals surface area contributed by atoms with E-state index < -0.39 is 0 Å². The highest BCUT2D eigenvalue weighted by atomic mass is 14.4. The van der Waals surface area contributed by atoms with Crippen LogP contribution in [0.1, 0.15) is 125 Å². The van der Waals surface area contributed by atoms with Crippen LogP contribution < -0.4 is 0 Å². The standard InChI is InChI=1S/C27H48/c1-7-22(4)25(26(24-18-13-19-24)27(5,6)8-2)20-23-16-11-9-14-21(3)15-10-12-17-23/h16,21-22,25H,7-15,17-20H2,1-6H3. The highest BCUT2D eigenvalue weighted by Gasteiger charge is 2.34. The zero-order valence-corrected chi connectivity index (χ0v) is 19.5. The Kier molecular flexibility index (Phi) is 9.17. The molecule has 0 spiro atoms. The summed E-state index contributed by atoms with van der Waals surface area (Å²) >= 11 is 0. The molecule has 3 atom stereocenters. The summed E-state index contributed by atoms with van der Waals surface area (Å²) in [6, 6.07) is 0. The van der Waals surface area contributed by atoms with Crippen LogP contribution in [0.5, 0.6) is 0 Å². The Balaban J connectivity index is 2.24. The van der Waals surface area contributed by atoms with Crippen molar-refractivity contribution in [1.29, 1.82) is 0 Å². The van der Waals surface area contributed by atoms with Crippen LogP contribution in [-0.4, -0.2) is 0 Å². The van der Waals surface area contributed by atoms with Gasteiger partial charge in [-0.2, -0.15) is 0 Å². The average Bonchev–Trinajstić information content (AvgIpc) is 2.62. The van der Waals surface area contributed by atoms with Crippen LogP contribution in [0, 0.1) is 23.2 Å². The SMILES string of the molecule is CCC(C)C(CC1=CCCCC(C)CCCC1)C(=C1CCC1)C(C)(C)CC. The topological polar surface area (TPSA) is 0 Å². The van der Waals surface area contributed by atoms with Gasteiger partial charge in [0.15, 0.2) is 0 Å².